The highest BCUT2D eigenvalue weighted by Crippen LogP contribution is 2.38. The Morgan fingerprint density at radius 2 is 0.713 bits per heavy atom. The molecule has 0 saturated heterocycles. The molecule has 2 atom stereocenters. The Kier molecular flexibility index (Phi) is 57.8. The van der Waals surface area contributed by atoms with Crippen LogP contribution >= 0.6 is 7.82 Å². The van der Waals surface area contributed by atoms with Gasteiger partial charge in [-0.1, -0.05) is 264 Å². The van der Waals surface area contributed by atoms with Crippen LogP contribution in [-0.4, -0.2) is 70.0 Å². The average molecular weight is 1140 g/mol. The molecular formula is C70H122NO8P. The maximum Gasteiger partial charge on any atom is 0.306 e. The van der Waals surface area contributed by atoms with Crippen molar-refractivity contribution in [2.24, 2.45) is 0 Å². The molecule has 0 N–H and O–H groups in total. The minimum Gasteiger partial charge on any atom is -0.756 e. The van der Waals surface area contributed by atoms with Gasteiger partial charge in [-0.15, -0.1) is 0 Å². The maximum atomic E-state index is 12.8. The summed E-state index contributed by atoms with van der Waals surface area (Å²) < 4.78 is 34.2. The second-order valence-corrected chi connectivity index (χ2v) is 24.2. The fourth-order valence-corrected chi connectivity index (χ4v) is 9.51. The predicted octanol–water partition coefficient (Wildman–Crippen LogP) is 20.3. The molecule has 0 aliphatic rings. The maximum absolute atomic E-state index is 12.8. The van der Waals surface area contributed by atoms with Crippen LogP contribution in [0.3, 0.4) is 0 Å². The fourth-order valence-electron chi connectivity index (χ4n) is 8.79. The summed E-state index contributed by atoms with van der Waals surface area (Å²) in [5, 5.41) is 0. The summed E-state index contributed by atoms with van der Waals surface area (Å²) >= 11 is 0. The van der Waals surface area contributed by atoms with E-state index in [0.29, 0.717) is 17.4 Å². The van der Waals surface area contributed by atoms with E-state index in [-0.39, 0.29) is 26.1 Å². The Balaban J connectivity index is 4.18. The van der Waals surface area contributed by atoms with Gasteiger partial charge in [-0.2, -0.15) is 0 Å². The first-order valence-electron chi connectivity index (χ1n) is 32.6. The van der Waals surface area contributed by atoms with E-state index in [2.05, 4.69) is 123 Å². The third-order valence-electron chi connectivity index (χ3n) is 13.8. The van der Waals surface area contributed by atoms with Crippen molar-refractivity contribution in [3.63, 3.8) is 0 Å². The number of phosphoric ester groups is 1. The second kappa shape index (κ2) is 60.3. The molecular weight excluding hydrogens is 1010 g/mol. The molecule has 10 heteroatoms. The van der Waals surface area contributed by atoms with Crippen LogP contribution in [0.1, 0.15) is 271 Å². The molecule has 0 rings (SSSR count). The monoisotopic (exact) mass is 1140 g/mol. The van der Waals surface area contributed by atoms with Gasteiger partial charge in [-0.3, -0.25) is 14.2 Å². The Hall–Kier alpha value is -3.33. The van der Waals surface area contributed by atoms with E-state index < -0.39 is 32.5 Å². The molecule has 0 heterocycles. The van der Waals surface area contributed by atoms with Gasteiger partial charge in [-0.25, -0.2) is 0 Å². The third kappa shape index (κ3) is 63.8. The van der Waals surface area contributed by atoms with E-state index in [9.17, 15) is 19.0 Å². The third-order valence-corrected chi connectivity index (χ3v) is 14.7. The largest absolute Gasteiger partial charge is 0.756 e. The normalized spacial score (nSPS) is 13.9. The van der Waals surface area contributed by atoms with Crippen molar-refractivity contribution in [3.8, 4) is 0 Å². The van der Waals surface area contributed by atoms with Crippen molar-refractivity contribution >= 4 is 19.8 Å². The number of ether oxygens (including phenoxy) is 2. The number of carbonyl (C=O) groups is 2. The first-order valence-corrected chi connectivity index (χ1v) is 34.1. The lowest BCUT2D eigenvalue weighted by Crippen LogP contribution is -2.37. The van der Waals surface area contributed by atoms with Gasteiger partial charge < -0.3 is 27.9 Å². The smallest absolute Gasteiger partial charge is 0.306 e. The molecule has 0 aliphatic carbocycles. The highest BCUT2D eigenvalue weighted by atomic mass is 31.2. The number of carbonyl (C=O) groups excluding carboxylic acids is 2. The van der Waals surface area contributed by atoms with Crippen LogP contribution in [0, 0.1) is 0 Å². The SMILES string of the molecule is CC/C=C\C/C=C\C/C=C\C/C=C\C/C=C\C/C=C\C/C=C\C/C=C\CCCCCCC(=O)OC(COC(=O)CCCCCCCCCCCCCCCCC/C=C\CCCCCCCCCC)COP(=O)([O-])OCC[N+](C)(C)C. The molecule has 2 unspecified atom stereocenters. The fraction of sp³-hybridized carbons (Fsp3) is 0.714. The van der Waals surface area contributed by atoms with Gasteiger partial charge in [0, 0.05) is 12.8 Å². The van der Waals surface area contributed by atoms with Crippen LogP contribution in [0.4, 0.5) is 0 Å². The van der Waals surface area contributed by atoms with Gasteiger partial charge in [0.15, 0.2) is 6.10 Å². The van der Waals surface area contributed by atoms with Crippen LogP contribution in [-0.2, 0) is 32.7 Å². The molecule has 0 fully saturated rings. The molecule has 80 heavy (non-hydrogen) atoms. The van der Waals surface area contributed by atoms with Gasteiger partial charge in [-0.05, 0) is 103 Å². The minimum absolute atomic E-state index is 0.0411. The molecule has 0 bridgehead atoms. The number of rotatable bonds is 59. The van der Waals surface area contributed by atoms with Gasteiger partial charge in [0.05, 0.1) is 27.7 Å². The molecule has 9 nitrogen and oxygen atoms in total. The molecule has 0 amide bonds. The van der Waals surface area contributed by atoms with Crippen molar-refractivity contribution in [1.29, 1.82) is 0 Å². The quantitative estimate of drug-likeness (QED) is 0.0195. The van der Waals surface area contributed by atoms with E-state index in [4.69, 9.17) is 18.5 Å². The lowest BCUT2D eigenvalue weighted by molar-refractivity contribution is -0.870. The number of hydrogen-bond acceptors (Lipinski definition) is 8. The number of esters is 2. The summed E-state index contributed by atoms with van der Waals surface area (Å²) in [7, 11) is 1.14. The van der Waals surface area contributed by atoms with Gasteiger partial charge in [0.25, 0.3) is 7.82 Å². The summed E-state index contributed by atoms with van der Waals surface area (Å²) in [5.74, 6) is -0.862. The van der Waals surface area contributed by atoms with E-state index in [1.807, 2.05) is 21.1 Å². The molecule has 0 aromatic carbocycles. The van der Waals surface area contributed by atoms with Crippen LogP contribution < -0.4 is 4.89 Å². The number of quaternary nitrogens is 1. The zero-order valence-corrected chi connectivity index (χ0v) is 53.1. The van der Waals surface area contributed by atoms with Gasteiger partial charge in [0.1, 0.15) is 19.8 Å². The molecule has 0 aromatic heterocycles. The lowest BCUT2D eigenvalue weighted by atomic mass is 10.0. The van der Waals surface area contributed by atoms with Crippen LogP contribution in [0.15, 0.2) is 109 Å². The zero-order valence-electron chi connectivity index (χ0n) is 52.2. The lowest BCUT2D eigenvalue weighted by Gasteiger charge is -2.28. The van der Waals surface area contributed by atoms with Crippen LogP contribution in [0.2, 0.25) is 0 Å². The highest BCUT2D eigenvalue weighted by molar-refractivity contribution is 7.45. The van der Waals surface area contributed by atoms with E-state index in [0.717, 1.165) is 96.3 Å². The van der Waals surface area contributed by atoms with Crippen LogP contribution in [0.25, 0.3) is 0 Å². The standard InChI is InChI=1S/C70H122NO8P/c1-6-8-10-12-14-16-18-20-22-24-26-28-30-32-34-35-37-39-41-43-45-47-49-51-53-55-57-59-61-63-70(73)79-68(67-78-80(74,75)77-65-64-71(3,4)5)66-76-69(72)62-60-58-56-54-52-50-48-46-44-42-40-38-36-33-31-29-27-25-23-21-19-17-15-13-11-9-7-2/h8,10,14,16,20,22,25-28,32,34,37,39,43,45,49,51,68H,6-7,9,11-13,15,17-19,21,23-24,29-31,33,35-36,38,40-42,44,46-48,50,52-67H2,1-5H3/b10-8-,16-14-,22-20-,27-25-,28-26-,34-32-,39-37-,45-43-,51-49-. The van der Waals surface area contributed by atoms with E-state index in [1.54, 1.807) is 0 Å². The summed E-state index contributed by atoms with van der Waals surface area (Å²) in [6.07, 6.45) is 84.4. The summed E-state index contributed by atoms with van der Waals surface area (Å²) in [4.78, 5) is 38.0. The second-order valence-electron chi connectivity index (χ2n) is 22.7. The number of hydrogen-bond donors (Lipinski definition) is 0. The number of phosphoric acid groups is 1. The van der Waals surface area contributed by atoms with Crippen LogP contribution in [0.5, 0.6) is 0 Å². The number of nitrogens with zero attached hydrogens (tertiary/aromatic N) is 1. The molecule has 0 aliphatic heterocycles. The number of likely N-dealkylation sites (N-methyl/N-ethyl adjacent to an activating group) is 1. The number of unbranched alkanes of at least 4 members (excludes halogenated alkanes) is 27. The molecule has 0 spiro atoms. The first kappa shape index (κ1) is 76.7. The van der Waals surface area contributed by atoms with Crippen molar-refractivity contribution in [2.75, 3.05) is 47.5 Å². The zero-order chi connectivity index (χ0) is 58.4. The molecule has 0 aromatic rings. The van der Waals surface area contributed by atoms with E-state index >= 15 is 0 Å². The first-order chi connectivity index (χ1) is 39.0. The topological polar surface area (TPSA) is 111 Å². The average Bonchev–Trinajstić information content (AvgIpc) is 3.42. The summed E-state index contributed by atoms with van der Waals surface area (Å²) in [6, 6.07) is 0. The molecule has 460 valence electrons. The molecule has 0 radical (unpaired) electrons. The predicted molar refractivity (Wildman–Crippen MR) is 342 cm³/mol. The summed E-state index contributed by atoms with van der Waals surface area (Å²) in [5.41, 5.74) is 0. The van der Waals surface area contributed by atoms with Crippen molar-refractivity contribution in [1.82, 2.24) is 0 Å². The Morgan fingerprint density at radius 1 is 0.400 bits per heavy atom. The van der Waals surface area contributed by atoms with E-state index in [1.165, 1.54) is 141 Å². The molecule has 0 saturated carbocycles. The van der Waals surface area contributed by atoms with Gasteiger partial charge in [0.2, 0.25) is 0 Å². The Morgan fingerprint density at radius 3 is 1.07 bits per heavy atom. The van der Waals surface area contributed by atoms with Crippen molar-refractivity contribution in [3.05, 3.63) is 109 Å². The van der Waals surface area contributed by atoms with Crippen molar-refractivity contribution < 1.29 is 42.1 Å². The highest BCUT2D eigenvalue weighted by Gasteiger charge is 2.22. The Labute approximate surface area is 493 Å². The van der Waals surface area contributed by atoms with Crippen molar-refractivity contribution in [2.45, 2.75) is 277 Å². The van der Waals surface area contributed by atoms with Gasteiger partial charge >= 0.3 is 11.9 Å². The number of allylic oxidation sites excluding steroid dienone is 18. The Bertz CT molecular complexity index is 1720. The summed E-state index contributed by atoms with van der Waals surface area (Å²) in [6.45, 7) is 4.11. The minimum atomic E-state index is -4.65.